The first-order chi connectivity index (χ1) is 29.7. The van der Waals surface area contributed by atoms with E-state index >= 15 is 0 Å². The topological polar surface area (TPSA) is 65.0 Å². The Balaban J connectivity index is 0.984. The Morgan fingerprint density at radius 2 is 0.850 bits per heavy atom. The Labute approximate surface area is 344 Å². The van der Waals surface area contributed by atoms with Crippen LogP contribution in [0.15, 0.2) is 209 Å². The van der Waals surface area contributed by atoms with Crippen LogP contribution in [0.2, 0.25) is 0 Å². The van der Waals surface area contributed by atoms with Crippen molar-refractivity contribution in [2.24, 2.45) is 0 Å². The van der Waals surface area contributed by atoms with Gasteiger partial charge in [-0.05, 0) is 47.0 Å². The van der Waals surface area contributed by atoms with Gasteiger partial charge in [-0.2, -0.15) is 0 Å². The van der Waals surface area contributed by atoms with Gasteiger partial charge in [0.2, 0.25) is 0 Å². The van der Waals surface area contributed by atoms with Gasteiger partial charge in [0.25, 0.3) is 0 Å². The molecule has 0 spiro atoms. The SMILES string of the molecule is c1ccc(-c2ccc(-c3nc(-c4ccccc4)cc(-c4ccc(-c5nc6cc(-c7cccc8c7oc7ccccc78)ccc6c6oc7ccccc7c56)cc4)n3)cc2)cc1. The lowest BCUT2D eigenvalue weighted by Crippen LogP contribution is -1.96. The average molecular weight is 768 g/mol. The van der Waals surface area contributed by atoms with Gasteiger partial charge in [0.15, 0.2) is 5.82 Å². The lowest BCUT2D eigenvalue weighted by molar-refractivity contribution is 0.670. The van der Waals surface area contributed by atoms with Gasteiger partial charge in [-0.3, -0.25) is 0 Å². The number of rotatable bonds is 6. The molecule has 0 aliphatic rings. The summed E-state index contributed by atoms with van der Waals surface area (Å²) in [5, 5.41) is 5.18. The van der Waals surface area contributed by atoms with E-state index in [2.05, 4.69) is 152 Å². The van der Waals surface area contributed by atoms with Gasteiger partial charge in [0, 0.05) is 49.4 Å². The quantitative estimate of drug-likeness (QED) is 0.169. The van der Waals surface area contributed by atoms with Gasteiger partial charge in [-0.1, -0.05) is 170 Å². The van der Waals surface area contributed by atoms with Gasteiger partial charge in [0.1, 0.15) is 22.3 Å². The maximum atomic E-state index is 6.64. The molecule has 0 bridgehead atoms. The number of benzene rings is 8. The van der Waals surface area contributed by atoms with Crippen LogP contribution in [0.5, 0.6) is 0 Å². The zero-order valence-electron chi connectivity index (χ0n) is 32.2. The molecule has 0 fully saturated rings. The van der Waals surface area contributed by atoms with Gasteiger partial charge in [-0.15, -0.1) is 0 Å². The number of para-hydroxylation sites is 3. The van der Waals surface area contributed by atoms with E-state index in [1.165, 1.54) is 5.56 Å². The first-order valence-electron chi connectivity index (χ1n) is 20.1. The van der Waals surface area contributed by atoms with Crippen LogP contribution in [-0.4, -0.2) is 15.0 Å². The molecule has 0 aliphatic heterocycles. The summed E-state index contributed by atoms with van der Waals surface area (Å²) in [6.07, 6.45) is 0. The molecule has 60 heavy (non-hydrogen) atoms. The summed E-state index contributed by atoms with van der Waals surface area (Å²) >= 11 is 0. The van der Waals surface area contributed by atoms with Crippen LogP contribution in [-0.2, 0) is 0 Å². The summed E-state index contributed by atoms with van der Waals surface area (Å²) < 4.78 is 13.1. The molecular formula is C55H33N3O2. The molecule has 4 heterocycles. The zero-order chi connectivity index (χ0) is 39.6. The third kappa shape index (κ3) is 5.67. The zero-order valence-corrected chi connectivity index (χ0v) is 32.2. The smallest absolute Gasteiger partial charge is 0.160 e. The van der Waals surface area contributed by atoms with Crippen molar-refractivity contribution in [2.75, 3.05) is 0 Å². The van der Waals surface area contributed by atoms with Gasteiger partial charge in [-0.25, -0.2) is 15.0 Å². The molecule has 0 atom stereocenters. The first-order valence-corrected chi connectivity index (χ1v) is 20.1. The normalized spacial score (nSPS) is 11.7. The Bertz CT molecular complexity index is 3570. The number of pyridine rings is 1. The summed E-state index contributed by atoms with van der Waals surface area (Å²) in [5.74, 6) is 0.673. The standard InChI is InChI=1S/C55H33N3O2/c1-3-12-34(13-4-1)35-22-28-39(29-23-35)55-57-46(36-14-5-2-6-15-36)33-47(58-55)37-24-26-38(27-25-37)52-51-45-17-8-10-21-50(45)60-54(51)44-31-30-40(32-48(44)56-52)41-18-11-19-43-42-16-7-9-20-49(42)59-53(41)43/h1-33H. The van der Waals surface area contributed by atoms with Gasteiger partial charge < -0.3 is 8.83 Å². The monoisotopic (exact) mass is 767 g/mol. The van der Waals surface area contributed by atoms with E-state index in [1.54, 1.807) is 0 Å². The molecule has 4 aromatic heterocycles. The fourth-order valence-corrected chi connectivity index (χ4v) is 8.54. The third-order valence-electron chi connectivity index (χ3n) is 11.5. The number of fused-ring (bicyclic) bond motifs is 8. The van der Waals surface area contributed by atoms with Crippen LogP contribution in [0.4, 0.5) is 0 Å². The molecule has 280 valence electrons. The van der Waals surface area contributed by atoms with E-state index in [1.807, 2.05) is 48.5 Å². The Morgan fingerprint density at radius 1 is 0.317 bits per heavy atom. The molecule has 0 unspecified atom stereocenters. The molecule has 12 aromatic rings. The predicted molar refractivity (Wildman–Crippen MR) is 245 cm³/mol. The van der Waals surface area contributed by atoms with Gasteiger partial charge in [0.05, 0.1) is 28.0 Å². The van der Waals surface area contributed by atoms with Crippen molar-refractivity contribution in [2.45, 2.75) is 0 Å². The predicted octanol–water partition coefficient (Wildman–Crippen LogP) is 14.8. The van der Waals surface area contributed by atoms with E-state index in [9.17, 15) is 0 Å². The minimum Gasteiger partial charge on any atom is -0.455 e. The maximum absolute atomic E-state index is 6.64. The highest BCUT2D eigenvalue weighted by Gasteiger charge is 2.20. The van der Waals surface area contributed by atoms with E-state index in [-0.39, 0.29) is 0 Å². The van der Waals surface area contributed by atoms with Crippen molar-refractivity contribution >= 4 is 54.8 Å². The highest BCUT2D eigenvalue weighted by atomic mass is 16.3. The lowest BCUT2D eigenvalue weighted by Gasteiger charge is -2.11. The number of hydrogen-bond donors (Lipinski definition) is 0. The van der Waals surface area contributed by atoms with Crippen LogP contribution in [0.25, 0.3) is 122 Å². The molecule has 5 nitrogen and oxygen atoms in total. The van der Waals surface area contributed by atoms with Crippen molar-refractivity contribution < 1.29 is 8.83 Å². The number of hydrogen-bond acceptors (Lipinski definition) is 5. The fourth-order valence-electron chi connectivity index (χ4n) is 8.54. The molecule has 0 N–H and O–H groups in total. The maximum Gasteiger partial charge on any atom is 0.160 e. The molecule has 0 amide bonds. The lowest BCUT2D eigenvalue weighted by atomic mass is 9.98. The molecule has 8 aromatic carbocycles. The van der Waals surface area contributed by atoms with E-state index < -0.39 is 0 Å². The summed E-state index contributed by atoms with van der Waals surface area (Å²) in [4.78, 5) is 15.7. The van der Waals surface area contributed by atoms with Crippen molar-refractivity contribution in [3.05, 3.63) is 200 Å². The Morgan fingerprint density at radius 3 is 1.60 bits per heavy atom. The number of furan rings is 2. The molecule has 0 saturated heterocycles. The minimum absolute atomic E-state index is 0.673. The van der Waals surface area contributed by atoms with E-state index in [4.69, 9.17) is 23.8 Å². The summed E-state index contributed by atoms with van der Waals surface area (Å²) in [5.41, 5.74) is 15.1. The van der Waals surface area contributed by atoms with Crippen LogP contribution >= 0.6 is 0 Å². The van der Waals surface area contributed by atoms with E-state index in [0.29, 0.717) is 5.82 Å². The van der Waals surface area contributed by atoms with Crippen molar-refractivity contribution in [1.29, 1.82) is 0 Å². The van der Waals surface area contributed by atoms with Crippen LogP contribution in [0.1, 0.15) is 0 Å². The summed E-state index contributed by atoms with van der Waals surface area (Å²) in [6, 6.07) is 68.9. The molecule has 5 heteroatoms. The Hall–Kier alpha value is -8.15. The second-order valence-corrected chi connectivity index (χ2v) is 15.1. The van der Waals surface area contributed by atoms with Crippen LogP contribution in [0.3, 0.4) is 0 Å². The third-order valence-corrected chi connectivity index (χ3v) is 11.5. The van der Waals surface area contributed by atoms with Crippen molar-refractivity contribution in [3.8, 4) is 67.4 Å². The summed E-state index contributed by atoms with van der Waals surface area (Å²) in [6.45, 7) is 0. The first kappa shape index (κ1) is 33.9. The Kier molecular flexibility index (Phi) is 7.78. The van der Waals surface area contributed by atoms with E-state index in [0.717, 1.165) is 111 Å². The minimum atomic E-state index is 0.673. The largest absolute Gasteiger partial charge is 0.455 e. The van der Waals surface area contributed by atoms with Crippen molar-refractivity contribution in [3.63, 3.8) is 0 Å². The molecular weight excluding hydrogens is 735 g/mol. The second kappa shape index (κ2) is 13.8. The number of aromatic nitrogens is 3. The molecule has 0 aliphatic carbocycles. The number of nitrogens with zero attached hydrogens (tertiary/aromatic N) is 3. The van der Waals surface area contributed by atoms with Crippen LogP contribution in [0, 0.1) is 0 Å². The second-order valence-electron chi connectivity index (χ2n) is 15.1. The fraction of sp³-hybridized carbons (Fsp3) is 0. The summed E-state index contributed by atoms with van der Waals surface area (Å²) in [7, 11) is 0. The van der Waals surface area contributed by atoms with Gasteiger partial charge >= 0.3 is 0 Å². The molecule has 12 rings (SSSR count). The van der Waals surface area contributed by atoms with Crippen LogP contribution < -0.4 is 0 Å². The average Bonchev–Trinajstić information content (AvgIpc) is 3.91. The molecule has 0 saturated carbocycles. The highest BCUT2D eigenvalue weighted by Crippen LogP contribution is 2.42. The van der Waals surface area contributed by atoms with Crippen molar-refractivity contribution in [1.82, 2.24) is 15.0 Å². The molecule has 0 radical (unpaired) electrons. The highest BCUT2D eigenvalue weighted by molar-refractivity contribution is 6.20.